The lowest BCUT2D eigenvalue weighted by atomic mass is 10.1. The molecule has 0 aliphatic carbocycles. The van der Waals surface area contributed by atoms with Gasteiger partial charge in [0.1, 0.15) is 10.8 Å². The van der Waals surface area contributed by atoms with Gasteiger partial charge in [0.25, 0.3) is 5.69 Å². The predicted octanol–water partition coefficient (Wildman–Crippen LogP) is 7.03. The molecule has 1 aromatic heterocycles. The van der Waals surface area contributed by atoms with Gasteiger partial charge in [-0.2, -0.15) is 0 Å². The van der Waals surface area contributed by atoms with Crippen LogP contribution in [0.5, 0.6) is 5.75 Å². The zero-order chi connectivity index (χ0) is 32.9. The number of benzene rings is 3. The summed E-state index contributed by atoms with van der Waals surface area (Å²) in [6.07, 6.45) is -0.178. The van der Waals surface area contributed by atoms with Crippen molar-refractivity contribution in [2.75, 3.05) is 10.6 Å². The number of rotatable bonds is 9. The number of amides is 2. The number of nitro groups is 1. The summed E-state index contributed by atoms with van der Waals surface area (Å²) in [5.74, 6) is 0.0634. The molecule has 3 aromatic carbocycles. The standard InChI is InChI=1S/C30H31N5O8S2/c1-18(2)42-28(36)32-20-8-6-19(7-9-20)27-31-17-25(44-27)24-15-10-21(16-26(24)45(40,41)34-30(3,4)5)33-29(37)43-23-13-11-22(12-14-23)35(38)39/h6-18,34H,1-5H3,(H,32,36)(H,33,37). The van der Waals surface area contributed by atoms with E-state index in [1.54, 1.807) is 71.1 Å². The number of carbonyl (C=O) groups is 2. The molecule has 0 unspecified atom stereocenters. The van der Waals surface area contributed by atoms with Crippen molar-refractivity contribution in [3.05, 3.63) is 83.0 Å². The zero-order valence-electron chi connectivity index (χ0n) is 25.0. The molecule has 15 heteroatoms. The third-order valence-corrected chi connectivity index (χ3v) is 8.59. The highest BCUT2D eigenvalue weighted by Crippen LogP contribution is 2.37. The molecular weight excluding hydrogens is 622 g/mol. The first kappa shape index (κ1) is 33.0. The number of carbonyl (C=O) groups excluding carboxylic acids is 2. The summed E-state index contributed by atoms with van der Waals surface area (Å²) in [5.41, 5.74) is 0.827. The molecule has 45 heavy (non-hydrogen) atoms. The number of sulfonamides is 1. The van der Waals surface area contributed by atoms with E-state index in [0.29, 0.717) is 21.1 Å². The lowest BCUT2D eigenvalue weighted by Gasteiger charge is -2.22. The van der Waals surface area contributed by atoms with Crippen LogP contribution in [0, 0.1) is 10.1 Å². The summed E-state index contributed by atoms with van der Waals surface area (Å²) in [4.78, 5) is 39.7. The topological polar surface area (TPSA) is 179 Å². The number of non-ortho nitro benzene ring substituents is 1. The van der Waals surface area contributed by atoms with Crippen LogP contribution in [-0.4, -0.2) is 42.2 Å². The van der Waals surface area contributed by atoms with Crippen molar-refractivity contribution in [1.29, 1.82) is 0 Å². The molecule has 0 bridgehead atoms. The quantitative estimate of drug-likeness (QED) is 0.126. The maximum Gasteiger partial charge on any atom is 0.417 e. The molecule has 1 heterocycles. The normalized spacial score (nSPS) is 11.6. The van der Waals surface area contributed by atoms with Gasteiger partial charge in [-0.1, -0.05) is 6.07 Å². The van der Waals surface area contributed by atoms with E-state index in [0.717, 1.165) is 5.56 Å². The molecule has 2 amide bonds. The van der Waals surface area contributed by atoms with E-state index in [-0.39, 0.29) is 28.1 Å². The summed E-state index contributed by atoms with van der Waals surface area (Å²) >= 11 is 1.26. The van der Waals surface area contributed by atoms with Gasteiger partial charge in [-0.05, 0) is 83.1 Å². The molecule has 0 spiro atoms. The fourth-order valence-electron chi connectivity index (χ4n) is 3.96. The van der Waals surface area contributed by atoms with Gasteiger partial charge in [-0.15, -0.1) is 11.3 Å². The maximum absolute atomic E-state index is 13.6. The average molecular weight is 654 g/mol. The highest BCUT2D eigenvalue weighted by molar-refractivity contribution is 7.89. The second-order valence-electron chi connectivity index (χ2n) is 11.0. The van der Waals surface area contributed by atoms with Gasteiger partial charge in [0.2, 0.25) is 10.0 Å². The average Bonchev–Trinajstić information content (AvgIpc) is 3.42. The van der Waals surface area contributed by atoms with Gasteiger partial charge in [-0.25, -0.2) is 27.7 Å². The number of anilines is 2. The molecule has 0 fully saturated rings. The minimum Gasteiger partial charge on any atom is -0.447 e. The van der Waals surface area contributed by atoms with Gasteiger partial charge in [0.15, 0.2) is 0 Å². The first-order valence-electron chi connectivity index (χ1n) is 13.6. The van der Waals surface area contributed by atoms with Crippen molar-refractivity contribution < 1.29 is 32.4 Å². The van der Waals surface area contributed by atoms with Crippen LogP contribution < -0.4 is 20.1 Å². The van der Waals surface area contributed by atoms with E-state index >= 15 is 0 Å². The molecule has 0 aliphatic rings. The van der Waals surface area contributed by atoms with Crippen molar-refractivity contribution in [3.8, 4) is 26.8 Å². The Labute approximate surface area is 263 Å². The van der Waals surface area contributed by atoms with Gasteiger partial charge in [-0.3, -0.25) is 20.7 Å². The number of nitro benzene ring substituents is 1. The van der Waals surface area contributed by atoms with Crippen LogP contribution >= 0.6 is 11.3 Å². The Kier molecular flexibility index (Phi) is 9.85. The second-order valence-corrected chi connectivity index (χ2v) is 13.7. The Morgan fingerprint density at radius 1 is 0.933 bits per heavy atom. The number of aromatic nitrogens is 1. The molecule has 236 valence electrons. The highest BCUT2D eigenvalue weighted by Gasteiger charge is 2.27. The van der Waals surface area contributed by atoms with Crippen molar-refractivity contribution in [2.45, 2.75) is 51.2 Å². The van der Waals surface area contributed by atoms with E-state index < -0.39 is 32.7 Å². The molecule has 0 saturated heterocycles. The molecule has 0 radical (unpaired) electrons. The number of ether oxygens (including phenoxy) is 2. The van der Waals surface area contributed by atoms with Gasteiger partial charge in [0, 0.05) is 46.4 Å². The third kappa shape index (κ3) is 9.07. The first-order chi connectivity index (χ1) is 21.1. The van der Waals surface area contributed by atoms with Crippen LogP contribution in [0.25, 0.3) is 21.0 Å². The Bertz CT molecular complexity index is 1810. The number of nitrogens with one attached hydrogen (secondary N) is 3. The van der Waals surface area contributed by atoms with Crippen molar-refractivity contribution >= 4 is 50.6 Å². The lowest BCUT2D eigenvalue weighted by Crippen LogP contribution is -2.40. The SMILES string of the molecule is CC(C)OC(=O)Nc1ccc(-c2ncc(-c3ccc(NC(=O)Oc4ccc([N+](=O)[O-])cc4)cc3S(=O)(=O)NC(C)(C)C)s2)cc1. The maximum atomic E-state index is 13.6. The number of hydrogen-bond acceptors (Lipinski definition) is 10. The Morgan fingerprint density at radius 2 is 1.56 bits per heavy atom. The largest absolute Gasteiger partial charge is 0.447 e. The summed E-state index contributed by atoms with van der Waals surface area (Å²) in [6, 6.07) is 16.3. The van der Waals surface area contributed by atoms with Gasteiger partial charge < -0.3 is 9.47 Å². The zero-order valence-corrected chi connectivity index (χ0v) is 26.6. The number of hydrogen-bond donors (Lipinski definition) is 3. The van der Waals surface area contributed by atoms with E-state index in [4.69, 9.17) is 9.47 Å². The molecule has 0 atom stereocenters. The molecule has 13 nitrogen and oxygen atoms in total. The summed E-state index contributed by atoms with van der Waals surface area (Å²) in [6.45, 7) is 8.63. The minimum atomic E-state index is -4.09. The van der Waals surface area contributed by atoms with E-state index in [1.165, 1.54) is 47.7 Å². The van der Waals surface area contributed by atoms with Crippen LogP contribution in [-0.2, 0) is 14.8 Å². The smallest absolute Gasteiger partial charge is 0.417 e. The van der Waals surface area contributed by atoms with Crippen LogP contribution in [0.4, 0.5) is 26.7 Å². The van der Waals surface area contributed by atoms with Crippen LogP contribution in [0.3, 0.4) is 0 Å². The number of thiazole rings is 1. The summed E-state index contributed by atoms with van der Waals surface area (Å²) < 4.78 is 40.0. The molecule has 4 rings (SSSR count). The molecule has 0 aliphatic heterocycles. The third-order valence-electron chi connectivity index (χ3n) is 5.71. The molecular formula is C30H31N5O8S2. The van der Waals surface area contributed by atoms with Crippen LogP contribution in [0.2, 0.25) is 0 Å². The van der Waals surface area contributed by atoms with Crippen molar-refractivity contribution in [2.24, 2.45) is 0 Å². The Morgan fingerprint density at radius 3 is 2.16 bits per heavy atom. The van der Waals surface area contributed by atoms with E-state index in [9.17, 15) is 28.1 Å². The predicted molar refractivity (Wildman–Crippen MR) is 171 cm³/mol. The monoisotopic (exact) mass is 653 g/mol. The minimum absolute atomic E-state index is 0.0634. The fraction of sp³-hybridized carbons (Fsp3) is 0.233. The second kappa shape index (κ2) is 13.4. The molecule has 0 saturated carbocycles. The lowest BCUT2D eigenvalue weighted by molar-refractivity contribution is -0.384. The Hall–Kier alpha value is -4.86. The Balaban J connectivity index is 1.60. The summed E-state index contributed by atoms with van der Waals surface area (Å²) in [7, 11) is -4.09. The van der Waals surface area contributed by atoms with Gasteiger partial charge in [0.05, 0.1) is 20.8 Å². The van der Waals surface area contributed by atoms with Crippen molar-refractivity contribution in [3.63, 3.8) is 0 Å². The first-order valence-corrected chi connectivity index (χ1v) is 15.9. The fourth-order valence-corrected chi connectivity index (χ4v) is 6.65. The molecule has 3 N–H and O–H groups in total. The van der Waals surface area contributed by atoms with Crippen molar-refractivity contribution in [1.82, 2.24) is 9.71 Å². The highest BCUT2D eigenvalue weighted by atomic mass is 32.2. The van der Waals surface area contributed by atoms with E-state index in [1.807, 2.05) is 0 Å². The van der Waals surface area contributed by atoms with Crippen LogP contribution in [0.15, 0.2) is 77.8 Å². The summed E-state index contributed by atoms with van der Waals surface area (Å²) in [5, 5.41) is 16.6. The van der Waals surface area contributed by atoms with Crippen LogP contribution in [0.1, 0.15) is 34.6 Å². The number of nitrogens with zero attached hydrogens (tertiary/aromatic N) is 2. The van der Waals surface area contributed by atoms with E-state index in [2.05, 4.69) is 20.3 Å². The molecule has 4 aromatic rings. The van der Waals surface area contributed by atoms with Gasteiger partial charge >= 0.3 is 12.2 Å².